The van der Waals surface area contributed by atoms with E-state index in [1.54, 1.807) is 23.4 Å². The molecule has 2 amide bonds. The number of pyridine rings is 1. The fourth-order valence-corrected chi connectivity index (χ4v) is 6.26. The number of furan rings is 1. The number of carbonyl (C=O) groups excluding carboxylic acids is 2. The van der Waals surface area contributed by atoms with Crippen molar-refractivity contribution in [1.82, 2.24) is 40.3 Å². The van der Waals surface area contributed by atoms with Crippen molar-refractivity contribution in [2.24, 2.45) is 0 Å². The van der Waals surface area contributed by atoms with Gasteiger partial charge in [0.25, 0.3) is 0 Å². The van der Waals surface area contributed by atoms with Gasteiger partial charge in [0.2, 0.25) is 17.6 Å². The maximum Gasteiger partial charge on any atom is 0.247 e. The molecule has 2 aliphatic rings. The summed E-state index contributed by atoms with van der Waals surface area (Å²) in [5.41, 5.74) is 2.00. The largest absolute Gasteiger partial charge is 0.458 e. The van der Waals surface area contributed by atoms with Gasteiger partial charge in [0, 0.05) is 44.1 Å². The lowest BCUT2D eigenvalue weighted by Gasteiger charge is -2.42. The van der Waals surface area contributed by atoms with Crippen LogP contribution in [0.2, 0.25) is 0 Å². The number of nitrogens with zero attached hydrogens (tertiary/aromatic N) is 7. The van der Waals surface area contributed by atoms with Gasteiger partial charge < -0.3 is 14.6 Å². The molecular formula is C32H38N8O3. The average molecular weight is 583 g/mol. The van der Waals surface area contributed by atoms with Crippen molar-refractivity contribution in [2.75, 3.05) is 13.1 Å². The topological polar surface area (TPSA) is 122 Å². The van der Waals surface area contributed by atoms with Crippen LogP contribution in [0.3, 0.4) is 0 Å². The first kappa shape index (κ1) is 28.7. The van der Waals surface area contributed by atoms with Gasteiger partial charge in [-0.1, -0.05) is 43.2 Å². The molecule has 1 aliphatic carbocycles. The fourth-order valence-electron chi connectivity index (χ4n) is 6.26. The third-order valence-corrected chi connectivity index (χ3v) is 8.43. The molecule has 11 nitrogen and oxygen atoms in total. The lowest BCUT2D eigenvalue weighted by Crippen LogP contribution is -2.54. The Morgan fingerprint density at radius 1 is 1.00 bits per heavy atom. The molecule has 1 atom stereocenters. The Kier molecular flexibility index (Phi) is 8.88. The van der Waals surface area contributed by atoms with E-state index in [1.165, 1.54) is 10.4 Å². The Morgan fingerprint density at radius 2 is 1.74 bits per heavy atom. The molecule has 4 heterocycles. The van der Waals surface area contributed by atoms with Gasteiger partial charge in [-0.05, 0) is 73.2 Å². The first-order valence-corrected chi connectivity index (χ1v) is 15.2. The van der Waals surface area contributed by atoms with Gasteiger partial charge >= 0.3 is 0 Å². The van der Waals surface area contributed by atoms with Gasteiger partial charge in [-0.3, -0.25) is 19.5 Å². The number of amides is 2. The molecule has 11 heteroatoms. The lowest BCUT2D eigenvalue weighted by atomic mass is 9.96. The van der Waals surface area contributed by atoms with E-state index < -0.39 is 6.04 Å². The second kappa shape index (κ2) is 13.3. The van der Waals surface area contributed by atoms with E-state index in [4.69, 9.17) is 4.42 Å². The molecule has 6 rings (SSSR count). The highest BCUT2D eigenvalue weighted by molar-refractivity contribution is 5.89. The molecule has 0 spiro atoms. The number of hydrogen-bond donors (Lipinski definition) is 1. The summed E-state index contributed by atoms with van der Waals surface area (Å²) in [5.74, 6) is 1.15. The predicted molar refractivity (Wildman–Crippen MR) is 159 cm³/mol. The van der Waals surface area contributed by atoms with Crippen LogP contribution in [0.4, 0.5) is 0 Å². The standard InChI is InChI=1S/C32H38N8O3/c1-23-11-12-28(43-23)31-35-37-39(36-31)22-29(41)40(27-15-19-38(20-16-27)21-24-7-3-2-4-8-24)30(25-13-17-33-18-14-25)32(42)34-26-9-5-6-10-26/h2-4,7-8,11-14,17-18,26-27,30H,5-6,9-10,15-16,19-22H2,1H3,(H,34,42). The van der Waals surface area contributed by atoms with Crippen molar-refractivity contribution >= 4 is 11.8 Å². The van der Waals surface area contributed by atoms with Crippen molar-refractivity contribution < 1.29 is 14.0 Å². The van der Waals surface area contributed by atoms with Crippen LogP contribution in [-0.4, -0.2) is 72.0 Å². The lowest BCUT2D eigenvalue weighted by molar-refractivity contribution is -0.146. The normalized spacial score (nSPS) is 17.1. The van der Waals surface area contributed by atoms with Gasteiger partial charge in [0.05, 0.1) is 0 Å². The maximum atomic E-state index is 14.3. The fraction of sp³-hybridized carbons (Fsp3) is 0.438. The van der Waals surface area contributed by atoms with Crippen LogP contribution in [0.5, 0.6) is 0 Å². The van der Waals surface area contributed by atoms with Crippen molar-refractivity contribution in [3.05, 3.63) is 83.9 Å². The highest BCUT2D eigenvalue weighted by Gasteiger charge is 2.39. The van der Waals surface area contributed by atoms with E-state index in [9.17, 15) is 9.59 Å². The van der Waals surface area contributed by atoms with E-state index in [2.05, 4.69) is 54.9 Å². The molecule has 1 saturated heterocycles. The Labute approximate surface area is 251 Å². The zero-order valence-electron chi connectivity index (χ0n) is 24.5. The Morgan fingerprint density at radius 3 is 2.44 bits per heavy atom. The zero-order chi connectivity index (χ0) is 29.6. The molecule has 2 fully saturated rings. The average Bonchev–Trinajstić information content (AvgIpc) is 3.80. The number of carbonyl (C=O) groups is 2. The second-order valence-corrected chi connectivity index (χ2v) is 11.5. The summed E-state index contributed by atoms with van der Waals surface area (Å²) >= 11 is 0. The molecule has 1 aromatic carbocycles. The molecule has 1 aliphatic heterocycles. The number of aryl methyl sites for hydroxylation is 1. The highest BCUT2D eigenvalue weighted by Crippen LogP contribution is 2.30. The second-order valence-electron chi connectivity index (χ2n) is 11.5. The number of tetrazole rings is 1. The van der Waals surface area contributed by atoms with Crippen LogP contribution in [0.15, 0.2) is 71.4 Å². The van der Waals surface area contributed by atoms with Gasteiger partial charge in [-0.15, -0.1) is 10.2 Å². The van der Waals surface area contributed by atoms with Crippen molar-refractivity contribution in [3.8, 4) is 11.6 Å². The first-order valence-electron chi connectivity index (χ1n) is 15.2. The van der Waals surface area contributed by atoms with E-state index in [0.29, 0.717) is 11.6 Å². The SMILES string of the molecule is Cc1ccc(-c2nnn(CC(=O)N(C3CCN(Cc4ccccc4)CC3)C(C(=O)NC3CCCC3)c3ccncc3)n2)o1. The van der Waals surface area contributed by atoms with Crippen LogP contribution in [0.25, 0.3) is 11.6 Å². The monoisotopic (exact) mass is 582 g/mol. The van der Waals surface area contributed by atoms with Gasteiger partial charge in [-0.25, -0.2) is 0 Å². The van der Waals surface area contributed by atoms with E-state index in [-0.39, 0.29) is 30.4 Å². The van der Waals surface area contributed by atoms with Crippen LogP contribution in [0.1, 0.15) is 61.5 Å². The summed E-state index contributed by atoms with van der Waals surface area (Å²) in [6, 6.07) is 16.9. The third kappa shape index (κ3) is 6.99. The number of aromatic nitrogens is 5. The minimum atomic E-state index is -0.794. The number of nitrogens with one attached hydrogen (secondary N) is 1. The van der Waals surface area contributed by atoms with Crippen LogP contribution >= 0.6 is 0 Å². The highest BCUT2D eigenvalue weighted by atomic mass is 16.3. The minimum Gasteiger partial charge on any atom is -0.458 e. The summed E-state index contributed by atoms with van der Waals surface area (Å²) in [4.78, 5) is 37.9. The van der Waals surface area contributed by atoms with Gasteiger partial charge in [0.15, 0.2) is 5.76 Å². The van der Waals surface area contributed by atoms with Crippen molar-refractivity contribution in [2.45, 2.75) is 76.7 Å². The minimum absolute atomic E-state index is 0.123. The predicted octanol–water partition coefficient (Wildman–Crippen LogP) is 3.93. The van der Waals surface area contributed by atoms with Crippen molar-refractivity contribution in [1.29, 1.82) is 0 Å². The third-order valence-electron chi connectivity index (χ3n) is 8.43. The first-order chi connectivity index (χ1) is 21.0. The molecule has 0 radical (unpaired) electrons. The summed E-state index contributed by atoms with van der Waals surface area (Å²) in [6.07, 6.45) is 8.96. The maximum absolute atomic E-state index is 14.3. The van der Waals surface area contributed by atoms with E-state index in [0.717, 1.165) is 69.5 Å². The molecule has 1 N–H and O–H groups in total. The number of rotatable bonds is 10. The molecule has 1 unspecified atom stereocenters. The molecule has 4 aromatic rings. The summed E-state index contributed by atoms with van der Waals surface area (Å²) in [7, 11) is 0. The van der Waals surface area contributed by atoms with Gasteiger partial charge in [0.1, 0.15) is 18.3 Å². The summed E-state index contributed by atoms with van der Waals surface area (Å²) in [5, 5.41) is 15.9. The Bertz CT molecular complexity index is 1490. The number of likely N-dealkylation sites (tertiary alicyclic amines) is 1. The molecule has 1 saturated carbocycles. The molecule has 0 bridgehead atoms. The molecular weight excluding hydrogens is 544 g/mol. The smallest absolute Gasteiger partial charge is 0.247 e. The molecule has 43 heavy (non-hydrogen) atoms. The van der Waals surface area contributed by atoms with Crippen LogP contribution < -0.4 is 5.32 Å². The van der Waals surface area contributed by atoms with Crippen molar-refractivity contribution in [3.63, 3.8) is 0 Å². The number of piperidine rings is 1. The van der Waals surface area contributed by atoms with Crippen LogP contribution in [-0.2, 0) is 22.7 Å². The number of benzene rings is 1. The quantitative estimate of drug-likeness (QED) is 0.299. The molecule has 3 aromatic heterocycles. The Hall–Kier alpha value is -4.38. The zero-order valence-corrected chi connectivity index (χ0v) is 24.5. The number of hydrogen-bond acceptors (Lipinski definition) is 8. The summed E-state index contributed by atoms with van der Waals surface area (Å²) < 4.78 is 5.64. The summed E-state index contributed by atoms with van der Waals surface area (Å²) in [6.45, 7) is 4.20. The van der Waals surface area contributed by atoms with Gasteiger partial charge in [-0.2, -0.15) is 4.80 Å². The van der Waals surface area contributed by atoms with E-state index >= 15 is 0 Å². The van der Waals surface area contributed by atoms with E-state index in [1.807, 2.05) is 31.2 Å². The molecule has 224 valence electrons. The van der Waals surface area contributed by atoms with Crippen LogP contribution in [0, 0.1) is 6.92 Å². The Balaban J connectivity index is 1.26.